The molecule has 11 heavy (non-hydrogen) atoms. The number of sulfone groups is 1. The fourth-order valence-corrected chi connectivity index (χ4v) is 1.63. The fourth-order valence-electron chi connectivity index (χ4n) is 0.812. The van der Waals surface area contributed by atoms with E-state index in [1.165, 1.54) is 6.26 Å². The van der Waals surface area contributed by atoms with Gasteiger partial charge >= 0.3 is 0 Å². The van der Waals surface area contributed by atoms with Crippen molar-refractivity contribution in [3.63, 3.8) is 0 Å². The van der Waals surface area contributed by atoms with Gasteiger partial charge in [0.25, 0.3) is 0 Å². The summed E-state index contributed by atoms with van der Waals surface area (Å²) in [6.45, 7) is 0. The van der Waals surface area contributed by atoms with Gasteiger partial charge in [-0.3, -0.25) is 4.68 Å². The monoisotopic (exact) mass is 174 g/mol. The zero-order valence-corrected chi connectivity index (χ0v) is 7.30. The van der Waals surface area contributed by atoms with E-state index >= 15 is 0 Å². The Labute approximate surface area is 65.8 Å². The quantitative estimate of drug-likeness (QED) is 0.632. The first-order valence-electron chi connectivity index (χ1n) is 3.13. The molecule has 0 aliphatic rings. The van der Waals surface area contributed by atoms with E-state index in [0.717, 1.165) is 0 Å². The average Bonchev–Trinajstić information content (AvgIpc) is 2.12. The van der Waals surface area contributed by atoms with Crippen LogP contribution >= 0.6 is 0 Å². The largest absolute Gasteiger partial charge is 0.272 e. The highest BCUT2D eigenvalue weighted by molar-refractivity contribution is 7.89. The summed E-state index contributed by atoms with van der Waals surface area (Å²) >= 11 is 0. The molecular weight excluding hydrogens is 164 g/mol. The maximum absolute atomic E-state index is 10.8. The molecule has 0 unspecified atom stereocenters. The molecule has 1 aromatic rings. The van der Waals surface area contributed by atoms with Gasteiger partial charge in [-0.25, -0.2) is 8.42 Å². The van der Waals surface area contributed by atoms with Crippen LogP contribution in [0.2, 0.25) is 0 Å². The van der Waals surface area contributed by atoms with Crippen LogP contribution < -0.4 is 0 Å². The van der Waals surface area contributed by atoms with Gasteiger partial charge in [0.2, 0.25) is 0 Å². The summed E-state index contributed by atoms with van der Waals surface area (Å²) in [7, 11) is -1.21. The summed E-state index contributed by atoms with van der Waals surface area (Å²) in [4.78, 5) is 0. The Morgan fingerprint density at radius 2 is 2.27 bits per heavy atom. The fraction of sp³-hybridized carbons (Fsp3) is 0.500. The third-order valence-corrected chi connectivity index (χ3v) is 2.15. The van der Waals surface area contributed by atoms with Gasteiger partial charge in [-0.15, -0.1) is 0 Å². The van der Waals surface area contributed by atoms with E-state index < -0.39 is 9.84 Å². The number of hydrogen-bond donors (Lipinski definition) is 0. The molecule has 0 radical (unpaired) electrons. The maximum atomic E-state index is 10.8. The molecule has 0 spiro atoms. The third kappa shape index (κ3) is 2.34. The lowest BCUT2D eigenvalue weighted by Crippen LogP contribution is -2.05. The summed E-state index contributed by atoms with van der Waals surface area (Å²) in [6, 6.07) is 1.70. The van der Waals surface area contributed by atoms with Crippen LogP contribution in [0.25, 0.3) is 0 Å². The Hall–Kier alpha value is -0.840. The Bertz CT molecular complexity index is 339. The highest BCUT2D eigenvalue weighted by atomic mass is 32.2. The minimum atomic E-state index is -2.93. The number of rotatable bonds is 2. The van der Waals surface area contributed by atoms with Gasteiger partial charge in [-0.05, 0) is 6.07 Å². The smallest absolute Gasteiger partial charge is 0.153 e. The lowest BCUT2D eigenvalue weighted by Gasteiger charge is -1.97. The molecule has 0 N–H and O–H groups in total. The summed E-state index contributed by atoms with van der Waals surface area (Å²) in [6.07, 6.45) is 2.79. The molecule has 1 aromatic heterocycles. The minimum Gasteiger partial charge on any atom is -0.272 e. The van der Waals surface area contributed by atoms with E-state index in [2.05, 4.69) is 5.10 Å². The molecule has 1 rings (SSSR count). The lowest BCUT2D eigenvalue weighted by atomic mass is 10.5. The molecule has 0 aliphatic heterocycles. The molecule has 62 valence electrons. The maximum Gasteiger partial charge on any atom is 0.153 e. The second-order valence-corrected chi connectivity index (χ2v) is 4.66. The zero-order chi connectivity index (χ0) is 8.48. The van der Waals surface area contributed by atoms with Crippen LogP contribution in [0, 0.1) is 0 Å². The van der Waals surface area contributed by atoms with E-state index in [9.17, 15) is 8.42 Å². The third-order valence-electron chi connectivity index (χ3n) is 1.33. The molecule has 5 heteroatoms. The Morgan fingerprint density at radius 1 is 1.64 bits per heavy atom. The molecular formula is C6H10N2O2S. The minimum absolute atomic E-state index is 0.0590. The van der Waals surface area contributed by atoms with E-state index in [-0.39, 0.29) is 5.75 Å². The first kappa shape index (κ1) is 8.26. The number of aryl methyl sites for hydroxylation is 1. The number of hydrogen-bond acceptors (Lipinski definition) is 3. The van der Waals surface area contributed by atoms with E-state index in [1.54, 1.807) is 24.0 Å². The normalized spacial score (nSPS) is 11.8. The first-order valence-corrected chi connectivity index (χ1v) is 5.20. The topological polar surface area (TPSA) is 52.0 Å². The summed E-state index contributed by atoms with van der Waals surface area (Å²) < 4.78 is 23.2. The Morgan fingerprint density at radius 3 is 2.64 bits per heavy atom. The van der Waals surface area contributed by atoms with E-state index in [4.69, 9.17) is 0 Å². The standard InChI is InChI=1S/C6H10N2O2S/c1-8-6(3-4-7-8)5-11(2,9)10/h3-4H,5H2,1-2H3. The zero-order valence-electron chi connectivity index (χ0n) is 6.48. The summed E-state index contributed by atoms with van der Waals surface area (Å²) in [5.74, 6) is 0.0590. The van der Waals surface area contributed by atoms with Crippen LogP contribution in [0.5, 0.6) is 0 Å². The van der Waals surface area contributed by atoms with Crippen LogP contribution in [0.15, 0.2) is 12.3 Å². The van der Waals surface area contributed by atoms with Gasteiger partial charge in [0.15, 0.2) is 9.84 Å². The molecule has 0 aromatic carbocycles. The predicted octanol–water partition coefficient (Wildman–Crippen LogP) is -0.0353. The van der Waals surface area contributed by atoms with Crippen LogP contribution in [-0.2, 0) is 22.6 Å². The van der Waals surface area contributed by atoms with Crippen molar-refractivity contribution in [1.82, 2.24) is 9.78 Å². The van der Waals surface area contributed by atoms with Crippen LogP contribution in [0.4, 0.5) is 0 Å². The molecule has 0 amide bonds. The van der Waals surface area contributed by atoms with E-state index in [0.29, 0.717) is 5.69 Å². The van der Waals surface area contributed by atoms with Crippen molar-refractivity contribution in [1.29, 1.82) is 0 Å². The molecule has 0 aliphatic carbocycles. The highest BCUT2D eigenvalue weighted by Crippen LogP contribution is 2.01. The molecule has 0 atom stereocenters. The van der Waals surface area contributed by atoms with Crippen molar-refractivity contribution in [3.05, 3.63) is 18.0 Å². The van der Waals surface area contributed by atoms with Crippen molar-refractivity contribution < 1.29 is 8.42 Å². The average molecular weight is 174 g/mol. The van der Waals surface area contributed by atoms with Gasteiger partial charge in [0.1, 0.15) is 0 Å². The van der Waals surface area contributed by atoms with Crippen molar-refractivity contribution in [2.24, 2.45) is 7.05 Å². The van der Waals surface area contributed by atoms with Gasteiger partial charge in [-0.2, -0.15) is 5.10 Å². The summed E-state index contributed by atoms with van der Waals surface area (Å²) in [5.41, 5.74) is 0.715. The van der Waals surface area contributed by atoms with Crippen molar-refractivity contribution in [2.75, 3.05) is 6.26 Å². The van der Waals surface area contributed by atoms with Crippen molar-refractivity contribution in [2.45, 2.75) is 5.75 Å². The SMILES string of the molecule is Cn1nccc1CS(C)(=O)=O. The van der Waals surface area contributed by atoms with Crippen LogP contribution in [0.3, 0.4) is 0 Å². The van der Waals surface area contributed by atoms with Crippen molar-refractivity contribution in [3.8, 4) is 0 Å². The van der Waals surface area contributed by atoms with Gasteiger partial charge in [0, 0.05) is 19.5 Å². The predicted molar refractivity (Wildman–Crippen MR) is 41.8 cm³/mol. The molecule has 4 nitrogen and oxygen atoms in total. The van der Waals surface area contributed by atoms with E-state index in [1.807, 2.05) is 0 Å². The molecule has 0 saturated carbocycles. The van der Waals surface area contributed by atoms with Gasteiger partial charge in [-0.1, -0.05) is 0 Å². The first-order chi connectivity index (χ1) is 4.99. The van der Waals surface area contributed by atoms with Gasteiger partial charge < -0.3 is 0 Å². The molecule has 1 heterocycles. The second-order valence-electron chi connectivity index (χ2n) is 2.52. The Balaban J connectivity index is 2.89. The van der Waals surface area contributed by atoms with Crippen molar-refractivity contribution >= 4 is 9.84 Å². The molecule has 0 saturated heterocycles. The van der Waals surface area contributed by atoms with Crippen LogP contribution in [0.1, 0.15) is 5.69 Å². The van der Waals surface area contributed by atoms with Gasteiger partial charge in [0.05, 0.1) is 11.4 Å². The Kier molecular flexibility index (Phi) is 1.99. The number of aromatic nitrogens is 2. The second kappa shape index (κ2) is 2.65. The van der Waals surface area contributed by atoms with Crippen LogP contribution in [-0.4, -0.2) is 24.5 Å². The molecule has 0 bridgehead atoms. The lowest BCUT2D eigenvalue weighted by molar-refractivity contribution is 0.597. The summed E-state index contributed by atoms with van der Waals surface area (Å²) in [5, 5.41) is 3.85. The highest BCUT2D eigenvalue weighted by Gasteiger charge is 2.06. The number of nitrogens with zero attached hydrogens (tertiary/aromatic N) is 2. The molecule has 0 fully saturated rings.